The molecule has 0 aliphatic heterocycles. The summed E-state index contributed by atoms with van der Waals surface area (Å²) in [5, 5.41) is 13.7. The third kappa shape index (κ3) is 3.05. The van der Waals surface area contributed by atoms with E-state index in [1.807, 2.05) is 19.2 Å². The zero-order valence-corrected chi connectivity index (χ0v) is 10.8. The predicted octanol–water partition coefficient (Wildman–Crippen LogP) is 2.83. The standard InChI is InChI=1S/C13H16N2OS/c1-10(16)12-3-5-14-13(7-12)15(2)8-11-4-6-17-9-11/h3-7,9-10,16H,8H2,1-2H3/t10-/m0/s1. The minimum atomic E-state index is -0.453. The number of hydrogen-bond donors (Lipinski definition) is 1. The van der Waals surface area contributed by atoms with Gasteiger partial charge >= 0.3 is 0 Å². The lowest BCUT2D eigenvalue weighted by atomic mass is 10.1. The van der Waals surface area contributed by atoms with Gasteiger partial charge < -0.3 is 10.0 Å². The molecule has 4 heteroatoms. The minimum Gasteiger partial charge on any atom is -0.389 e. The van der Waals surface area contributed by atoms with Crippen molar-refractivity contribution in [1.82, 2.24) is 4.98 Å². The van der Waals surface area contributed by atoms with E-state index in [1.54, 1.807) is 24.5 Å². The van der Waals surface area contributed by atoms with Gasteiger partial charge in [-0.1, -0.05) is 0 Å². The van der Waals surface area contributed by atoms with Crippen molar-refractivity contribution in [3.8, 4) is 0 Å². The van der Waals surface area contributed by atoms with Gasteiger partial charge in [-0.15, -0.1) is 0 Å². The second-order valence-electron chi connectivity index (χ2n) is 4.11. The molecule has 1 N–H and O–H groups in total. The van der Waals surface area contributed by atoms with Crippen molar-refractivity contribution in [3.05, 3.63) is 46.3 Å². The quantitative estimate of drug-likeness (QED) is 0.904. The van der Waals surface area contributed by atoms with Crippen LogP contribution in [0.3, 0.4) is 0 Å². The van der Waals surface area contributed by atoms with Crippen LogP contribution in [0.2, 0.25) is 0 Å². The number of pyridine rings is 1. The van der Waals surface area contributed by atoms with Gasteiger partial charge in [0.15, 0.2) is 0 Å². The lowest BCUT2D eigenvalue weighted by Gasteiger charge is -2.18. The molecule has 0 aromatic carbocycles. The second-order valence-corrected chi connectivity index (χ2v) is 4.89. The van der Waals surface area contributed by atoms with Crippen LogP contribution >= 0.6 is 11.3 Å². The largest absolute Gasteiger partial charge is 0.389 e. The molecule has 0 aliphatic carbocycles. The zero-order chi connectivity index (χ0) is 12.3. The van der Waals surface area contributed by atoms with E-state index in [9.17, 15) is 5.11 Å². The zero-order valence-electron chi connectivity index (χ0n) is 10.00. The maximum absolute atomic E-state index is 9.54. The molecular weight excluding hydrogens is 232 g/mol. The van der Waals surface area contributed by atoms with Crippen LogP contribution in [0.5, 0.6) is 0 Å². The number of hydrogen-bond acceptors (Lipinski definition) is 4. The average molecular weight is 248 g/mol. The van der Waals surface area contributed by atoms with Crippen LogP contribution in [-0.2, 0) is 6.54 Å². The fourth-order valence-electron chi connectivity index (χ4n) is 1.64. The van der Waals surface area contributed by atoms with Gasteiger partial charge in [0.05, 0.1) is 6.10 Å². The molecule has 0 saturated heterocycles. The molecule has 0 aliphatic rings. The van der Waals surface area contributed by atoms with Crippen molar-refractivity contribution in [2.75, 3.05) is 11.9 Å². The molecule has 0 bridgehead atoms. The van der Waals surface area contributed by atoms with Gasteiger partial charge in [0, 0.05) is 19.8 Å². The van der Waals surface area contributed by atoms with Crippen LogP contribution in [0, 0.1) is 0 Å². The summed E-state index contributed by atoms with van der Waals surface area (Å²) in [6, 6.07) is 5.88. The van der Waals surface area contributed by atoms with E-state index in [0.717, 1.165) is 17.9 Å². The first-order valence-corrected chi connectivity index (χ1v) is 6.47. The van der Waals surface area contributed by atoms with E-state index in [0.29, 0.717) is 0 Å². The molecule has 2 aromatic rings. The van der Waals surface area contributed by atoms with Crippen molar-refractivity contribution in [2.45, 2.75) is 19.6 Å². The van der Waals surface area contributed by atoms with Crippen molar-refractivity contribution in [1.29, 1.82) is 0 Å². The summed E-state index contributed by atoms with van der Waals surface area (Å²) in [6.45, 7) is 2.59. The second kappa shape index (κ2) is 5.29. The van der Waals surface area contributed by atoms with Crippen molar-refractivity contribution in [2.24, 2.45) is 0 Å². The van der Waals surface area contributed by atoms with Crippen LogP contribution in [0.15, 0.2) is 35.2 Å². The number of anilines is 1. The van der Waals surface area contributed by atoms with Gasteiger partial charge in [-0.25, -0.2) is 4.98 Å². The monoisotopic (exact) mass is 248 g/mol. The first kappa shape index (κ1) is 12.1. The Morgan fingerprint density at radius 2 is 2.29 bits per heavy atom. The number of aliphatic hydroxyl groups is 1. The molecule has 0 radical (unpaired) electrons. The summed E-state index contributed by atoms with van der Waals surface area (Å²) in [4.78, 5) is 6.40. The number of nitrogens with zero attached hydrogens (tertiary/aromatic N) is 2. The molecule has 0 unspecified atom stereocenters. The van der Waals surface area contributed by atoms with Crippen LogP contribution in [0.25, 0.3) is 0 Å². The SMILES string of the molecule is C[C@H](O)c1ccnc(N(C)Cc2ccsc2)c1. The van der Waals surface area contributed by atoms with E-state index in [-0.39, 0.29) is 0 Å². The fraction of sp³-hybridized carbons (Fsp3) is 0.308. The molecule has 1 atom stereocenters. The van der Waals surface area contributed by atoms with E-state index < -0.39 is 6.10 Å². The Labute approximate surface area is 105 Å². The minimum absolute atomic E-state index is 0.453. The molecule has 0 amide bonds. The van der Waals surface area contributed by atoms with Gasteiger partial charge in [-0.05, 0) is 47.0 Å². The number of rotatable bonds is 4. The van der Waals surface area contributed by atoms with Gasteiger partial charge in [-0.2, -0.15) is 11.3 Å². The summed E-state index contributed by atoms with van der Waals surface area (Å²) >= 11 is 1.70. The van der Waals surface area contributed by atoms with Crippen LogP contribution < -0.4 is 4.90 Å². The maximum atomic E-state index is 9.54. The highest BCUT2D eigenvalue weighted by Gasteiger charge is 2.07. The molecule has 2 heterocycles. The maximum Gasteiger partial charge on any atom is 0.128 e. The van der Waals surface area contributed by atoms with Gasteiger partial charge in [0.2, 0.25) is 0 Å². The highest BCUT2D eigenvalue weighted by atomic mass is 32.1. The lowest BCUT2D eigenvalue weighted by molar-refractivity contribution is 0.199. The lowest BCUT2D eigenvalue weighted by Crippen LogP contribution is -2.17. The number of thiophene rings is 1. The summed E-state index contributed by atoms with van der Waals surface area (Å²) in [6.07, 6.45) is 1.29. The molecule has 90 valence electrons. The Bertz CT molecular complexity index is 468. The average Bonchev–Trinajstić information content (AvgIpc) is 2.82. The van der Waals surface area contributed by atoms with E-state index in [1.165, 1.54) is 5.56 Å². The summed E-state index contributed by atoms with van der Waals surface area (Å²) < 4.78 is 0. The van der Waals surface area contributed by atoms with Crippen LogP contribution in [0.4, 0.5) is 5.82 Å². The molecule has 2 rings (SSSR count). The van der Waals surface area contributed by atoms with E-state index >= 15 is 0 Å². The van der Waals surface area contributed by atoms with Crippen molar-refractivity contribution < 1.29 is 5.11 Å². The van der Waals surface area contributed by atoms with Gasteiger partial charge in [-0.3, -0.25) is 0 Å². The Balaban J connectivity index is 2.13. The molecule has 0 spiro atoms. The highest BCUT2D eigenvalue weighted by molar-refractivity contribution is 7.07. The molecule has 17 heavy (non-hydrogen) atoms. The fourth-order valence-corrected chi connectivity index (χ4v) is 2.30. The number of aliphatic hydroxyl groups excluding tert-OH is 1. The van der Waals surface area contributed by atoms with E-state index in [4.69, 9.17) is 0 Å². The third-order valence-electron chi connectivity index (χ3n) is 2.64. The molecular formula is C13H16N2OS. The number of aromatic nitrogens is 1. The summed E-state index contributed by atoms with van der Waals surface area (Å²) in [5.74, 6) is 0.884. The van der Waals surface area contributed by atoms with Crippen molar-refractivity contribution in [3.63, 3.8) is 0 Å². The summed E-state index contributed by atoms with van der Waals surface area (Å²) in [7, 11) is 2.01. The van der Waals surface area contributed by atoms with Crippen molar-refractivity contribution >= 4 is 17.2 Å². The van der Waals surface area contributed by atoms with Gasteiger partial charge in [0.25, 0.3) is 0 Å². The normalized spacial score (nSPS) is 12.4. The topological polar surface area (TPSA) is 36.4 Å². The Morgan fingerprint density at radius 1 is 1.47 bits per heavy atom. The molecule has 0 fully saturated rings. The Morgan fingerprint density at radius 3 is 2.94 bits per heavy atom. The van der Waals surface area contributed by atoms with Gasteiger partial charge in [0.1, 0.15) is 5.82 Å². The summed E-state index contributed by atoms with van der Waals surface area (Å²) in [5.41, 5.74) is 2.17. The van der Waals surface area contributed by atoms with Crippen LogP contribution in [0.1, 0.15) is 24.2 Å². The predicted molar refractivity (Wildman–Crippen MR) is 71.3 cm³/mol. The van der Waals surface area contributed by atoms with Crippen LogP contribution in [-0.4, -0.2) is 17.1 Å². The molecule has 3 nitrogen and oxygen atoms in total. The molecule has 0 saturated carbocycles. The first-order chi connectivity index (χ1) is 8.16. The Kier molecular flexibility index (Phi) is 3.76. The third-order valence-corrected chi connectivity index (χ3v) is 3.37. The Hall–Kier alpha value is -1.39. The van der Waals surface area contributed by atoms with E-state index in [2.05, 4.69) is 26.7 Å². The first-order valence-electron chi connectivity index (χ1n) is 5.53. The highest BCUT2D eigenvalue weighted by Crippen LogP contribution is 2.19. The smallest absolute Gasteiger partial charge is 0.128 e. The molecule has 2 aromatic heterocycles.